The molecule has 1 aliphatic heterocycles. The van der Waals surface area contributed by atoms with Crippen molar-refractivity contribution < 1.29 is 14.8 Å². The van der Waals surface area contributed by atoms with Crippen LogP contribution in [0.5, 0.6) is 0 Å². The minimum atomic E-state index is -0.711. The SMILES string of the molecule is O=C(N[C@@H](Cc1ccccc1)C(=O)N1CCC(=NO)CC1)c1cc2cc(Cl)ccc2[nH]1. The van der Waals surface area contributed by atoms with Crippen molar-refractivity contribution >= 4 is 40.0 Å². The third-order valence-corrected chi connectivity index (χ3v) is 5.74. The predicted octanol–water partition coefficient (Wildman–Crippen LogP) is 3.62. The van der Waals surface area contributed by atoms with Crippen LogP contribution in [0.4, 0.5) is 0 Å². The Morgan fingerprint density at radius 3 is 2.58 bits per heavy atom. The standard InChI is InChI=1S/C23H23ClN4O3/c24-17-6-7-19-16(13-17)14-20(25-19)22(29)26-21(12-15-4-2-1-3-5-15)23(30)28-10-8-18(27-31)9-11-28/h1-7,13-14,21,25,31H,8-12H2,(H,26,29)/t21-/m0/s1. The fraction of sp³-hybridized carbons (Fsp3) is 0.261. The van der Waals surface area contributed by atoms with Gasteiger partial charge in [-0.2, -0.15) is 0 Å². The lowest BCUT2D eigenvalue weighted by atomic mass is 10.0. The van der Waals surface area contributed by atoms with Crippen LogP contribution < -0.4 is 5.32 Å². The van der Waals surface area contributed by atoms with Gasteiger partial charge in [0.25, 0.3) is 5.91 Å². The number of fused-ring (bicyclic) bond motifs is 1. The van der Waals surface area contributed by atoms with Crippen LogP contribution in [-0.4, -0.2) is 51.7 Å². The number of hydrogen-bond acceptors (Lipinski definition) is 4. The predicted molar refractivity (Wildman–Crippen MR) is 120 cm³/mol. The van der Waals surface area contributed by atoms with Crippen LogP contribution in [0.25, 0.3) is 10.9 Å². The number of H-pyrrole nitrogens is 1. The third-order valence-electron chi connectivity index (χ3n) is 5.51. The first-order chi connectivity index (χ1) is 15.0. The highest BCUT2D eigenvalue weighted by Gasteiger charge is 2.29. The summed E-state index contributed by atoms with van der Waals surface area (Å²) in [5, 5.41) is 16.5. The Balaban J connectivity index is 1.54. The van der Waals surface area contributed by atoms with E-state index in [1.54, 1.807) is 23.1 Å². The average Bonchev–Trinajstić information content (AvgIpc) is 3.22. The molecule has 1 aromatic heterocycles. The van der Waals surface area contributed by atoms with Gasteiger partial charge in [-0.1, -0.05) is 47.1 Å². The lowest BCUT2D eigenvalue weighted by Gasteiger charge is -2.31. The lowest BCUT2D eigenvalue weighted by molar-refractivity contribution is -0.133. The molecule has 2 heterocycles. The number of carbonyl (C=O) groups is 2. The van der Waals surface area contributed by atoms with Crippen molar-refractivity contribution in [2.24, 2.45) is 5.16 Å². The zero-order chi connectivity index (χ0) is 21.8. The van der Waals surface area contributed by atoms with E-state index in [4.69, 9.17) is 16.8 Å². The number of aromatic amines is 1. The van der Waals surface area contributed by atoms with E-state index in [-0.39, 0.29) is 11.8 Å². The van der Waals surface area contributed by atoms with Gasteiger partial charge in [-0.3, -0.25) is 9.59 Å². The van der Waals surface area contributed by atoms with Crippen molar-refractivity contribution in [1.29, 1.82) is 0 Å². The number of aromatic nitrogens is 1. The molecule has 4 rings (SSSR count). The molecule has 1 atom stereocenters. The molecular weight excluding hydrogens is 416 g/mol. The van der Waals surface area contributed by atoms with E-state index in [1.807, 2.05) is 36.4 Å². The van der Waals surface area contributed by atoms with Crippen molar-refractivity contribution in [2.75, 3.05) is 13.1 Å². The van der Waals surface area contributed by atoms with E-state index in [2.05, 4.69) is 15.5 Å². The van der Waals surface area contributed by atoms with Crippen LogP contribution in [0.3, 0.4) is 0 Å². The van der Waals surface area contributed by atoms with Gasteiger partial charge in [0, 0.05) is 48.3 Å². The number of rotatable bonds is 5. The summed E-state index contributed by atoms with van der Waals surface area (Å²) in [5.41, 5.74) is 2.81. The molecule has 2 aromatic carbocycles. The number of oxime groups is 1. The number of benzene rings is 2. The quantitative estimate of drug-likeness (QED) is 0.419. The molecule has 31 heavy (non-hydrogen) atoms. The topological polar surface area (TPSA) is 97.8 Å². The molecule has 2 amide bonds. The first kappa shape index (κ1) is 20.9. The minimum Gasteiger partial charge on any atom is -0.411 e. The van der Waals surface area contributed by atoms with Gasteiger partial charge in [0.15, 0.2) is 0 Å². The van der Waals surface area contributed by atoms with E-state index in [0.29, 0.717) is 48.8 Å². The second kappa shape index (κ2) is 9.22. The fourth-order valence-corrected chi connectivity index (χ4v) is 4.00. The third kappa shape index (κ3) is 4.88. The van der Waals surface area contributed by atoms with Crippen LogP contribution in [0.15, 0.2) is 59.8 Å². The molecule has 3 N–H and O–H groups in total. The highest BCUT2D eigenvalue weighted by molar-refractivity contribution is 6.31. The number of likely N-dealkylation sites (tertiary alicyclic amines) is 1. The van der Waals surface area contributed by atoms with Crippen LogP contribution in [0, 0.1) is 0 Å². The second-order valence-electron chi connectivity index (χ2n) is 7.62. The Kier molecular flexibility index (Phi) is 6.23. The molecule has 0 unspecified atom stereocenters. The van der Waals surface area contributed by atoms with Gasteiger partial charge in [0.05, 0.1) is 5.71 Å². The van der Waals surface area contributed by atoms with Crippen LogP contribution in [0.2, 0.25) is 5.02 Å². The highest BCUT2D eigenvalue weighted by atomic mass is 35.5. The molecule has 1 aliphatic rings. The number of amides is 2. The Labute approximate surface area is 184 Å². The monoisotopic (exact) mass is 438 g/mol. The Bertz CT molecular complexity index is 1120. The van der Waals surface area contributed by atoms with Gasteiger partial charge < -0.3 is 20.4 Å². The largest absolute Gasteiger partial charge is 0.411 e. The molecule has 7 nitrogen and oxygen atoms in total. The fourth-order valence-electron chi connectivity index (χ4n) is 3.82. The molecular formula is C23H23ClN4O3. The second-order valence-corrected chi connectivity index (χ2v) is 8.06. The molecule has 0 aliphatic carbocycles. The molecule has 3 aromatic rings. The molecule has 8 heteroatoms. The van der Waals surface area contributed by atoms with Gasteiger partial charge in [-0.15, -0.1) is 0 Å². The van der Waals surface area contributed by atoms with Crippen molar-refractivity contribution in [3.8, 4) is 0 Å². The van der Waals surface area contributed by atoms with Crippen LogP contribution >= 0.6 is 11.6 Å². The number of nitrogens with zero attached hydrogens (tertiary/aromatic N) is 2. The number of hydrogen-bond donors (Lipinski definition) is 3. The van der Waals surface area contributed by atoms with E-state index >= 15 is 0 Å². The summed E-state index contributed by atoms with van der Waals surface area (Å²) in [6.07, 6.45) is 1.43. The van der Waals surface area contributed by atoms with E-state index in [9.17, 15) is 9.59 Å². The summed E-state index contributed by atoms with van der Waals surface area (Å²) in [7, 11) is 0. The summed E-state index contributed by atoms with van der Waals surface area (Å²) in [6, 6.07) is 16.0. The Morgan fingerprint density at radius 1 is 1.13 bits per heavy atom. The van der Waals surface area contributed by atoms with E-state index in [0.717, 1.165) is 16.5 Å². The first-order valence-corrected chi connectivity index (χ1v) is 10.5. The van der Waals surface area contributed by atoms with Crippen molar-refractivity contribution in [3.05, 3.63) is 70.9 Å². The number of nitrogens with one attached hydrogen (secondary N) is 2. The molecule has 0 spiro atoms. The van der Waals surface area contributed by atoms with Crippen molar-refractivity contribution in [1.82, 2.24) is 15.2 Å². The zero-order valence-electron chi connectivity index (χ0n) is 16.8. The summed E-state index contributed by atoms with van der Waals surface area (Å²) in [4.78, 5) is 31.1. The lowest BCUT2D eigenvalue weighted by Crippen LogP contribution is -2.51. The molecule has 0 bridgehead atoms. The van der Waals surface area contributed by atoms with Gasteiger partial charge in [0.1, 0.15) is 11.7 Å². The molecule has 0 saturated carbocycles. The van der Waals surface area contributed by atoms with Crippen molar-refractivity contribution in [2.45, 2.75) is 25.3 Å². The summed E-state index contributed by atoms with van der Waals surface area (Å²) >= 11 is 6.04. The first-order valence-electron chi connectivity index (χ1n) is 10.1. The summed E-state index contributed by atoms with van der Waals surface area (Å²) < 4.78 is 0. The van der Waals surface area contributed by atoms with Crippen LogP contribution in [0.1, 0.15) is 28.9 Å². The van der Waals surface area contributed by atoms with E-state index < -0.39 is 6.04 Å². The number of piperidine rings is 1. The maximum absolute atomic E-state index is 13.3. The highest BCUT2D eigenvalue weighted by Crippen LogP contribution is 2.20. The Morgan fingerprint density at radius 2 is 1.87 bits per heavy atom. The van der Waals surface area contributed by atoms with Crippen molar-refractivity contribution in [3.63, 3.8) is 0 Å². The average molecular weight is 439 g/mol. The number of halogens is 1. The van der Waals surface area contributed by atoms with Gasteiger partial charge in [0.2, 0.25) is 5.91 Å². The van der Waals surface area contributed by atoms with E-state index in [1.165, 1.54) is 0 Å². The maximum atomic E-state index is 13.3. The number of carbonyl (C=O) groups excluding carboxylic acids is 2. The molecule has 1 saturated heterocycles. The Hall–Kier alpha value is -3.32. The summed E-state index contributed by atoms with van der Waals surface area (Å²) in [6.45, 7) is 0.925. The van der Waals surface area contributed by atoms with Gasteiger partial charge in [-0.25, -0.2) is 0 Å². The van der Waals surface area contributed by atoms with Gasteiger partial charge in [-0.05, 0) is 29.8 Å². The van der Waals surface area contributed by atoms with Gasteiger partial charge >= 0.3 is 0 Å². The smallest absolute Gasteiger partial charge is 0.268 e. The maximum Gasteiger partial charge on any atom is 0.268 e. The minimum absolute atomic E-state index is 0.145. The molecule has 1 fully saturated rings. The molecule has 160 valence electrons. The molecule has 0 radical (unpaired) electrons. The zero-order valence-corrected chi connectivity index (χ0v) is 17.6. The summed E-state index contributed by atoms with van der Waals surface area (Å²) in [5.74, 6) is -0.496. The normalized spacial score (nSPS) is 15.0. The van der Waals surface area contributed by atoms with Crippen LogP contribution in [-0.2, 0) is 11.2 Å².